The zero-order valence-corrected chi connectivity index (χ0v) is 15.0. The average molecular weight is 377 g/mol. The molecule has 0 saturated carbocycles. The fourth-order valence-electron chi connectivity index (χ4n) is 2.94. The predicted molar refractivity (Wildman–Crippen MR) is 103 cm³/mol. The van der Waals surface area contributed by atoms with Crippen LogP contribution in [0.5, 0.6) is 0 Å². The van der Waals surface area contributed by atoms with Crippen molar-refractivity contribution in [2.75, 3.05) is 12.3 Å². The number of aromatic nitrogens is 2. The first-order valence-electron chi connectivity index (χ1n) is 8.38. The van der Waals surface area contributed by atoms with Gasteiger partial charge in [-0.15, -0.1) is 0 Å². The van der Waals surface area contributed by atoms with Gasteiger partial charge >= 0.3 is 0 Å². The summed E-state index contributed by atoms with van der Waals surface area (Å²) in [5.41, 5.74) is 2.07. The third-order valence-corrected chi connectivity index (χ3v) is 5.07. The Morgan fingerprint density at radius 3 is 2.19 bits per heavy atom. The monoisotopic (exact) mass is 377 g/mol. The lowest BCUT2D eigenvalue weighted by atomic mass is 10.1. The maximum Gasteiger partial charge on any atom is 0.261 e. The van der Waals surface area contributed by atoms with Crippen LogP contribution in [0.1, 0.15) is 20.7 Å². The number of fused-ring (bicyclic) bond motifs is 1. The van der Waals surface area contributed by atoms with Gasteiger partial charge in [-0.2, -0.15) is 0 Å². The second-order valence-corrected chi connectivity index (χ2v) is 7.04. The van der Waals surface area contributed by atoms with Gasteiger partial charge in [-0.3, -0.25) is 19.3 Å². The zero-order valence-electron chi connectivity index (χ0n) is 14.2. The van der Waals surface area contributed by atoms with E-state index < -0.39 is 0 Å². The number of carbonyl (C=O) groups excluding carboxylic acids is 2. The SMILES string of the molecule is O=C1c2ccccc2C(=O)N1CCSc1nc(-c2ccccc2)cc(=O)[nH]1. The van der Waals surface area contributed by atoms with Crippen LogP contribution in [-0.2, 0) is 0 Å². The van der Waals surface area contributed by atoms with Gasteiger partial charge in [0, 0.05) is 23.9 Å². The lowest BCUT2D eigenvalue weighted by molar-refractivity contribution is 0.0664. The first-order valence-corrected chi connectivity index (χ1v) is 9.37. The molecule has 0 bridgehead atoms. The molecule has 0 fully saturated rings. The van der Waals surface area contributed by atoms with Crippen LogP contribution in [0, 0.1) is 0 Å². The number of imide groups is 1. The minimum atomic E-state index is -0.282. The zero-order chi connectivity index (χ0) is 18.8. The Hall–Kier alpha value is -3.19. The molecule has 3 aromatic rings. The standard InChI is InChI=1S/C20H15N3O3S/c24-17-12-16(13-6-2-1-3-7-13)21-20(22-17)27-11-10-23-18(25)14-8-4-5-9-15(14)19(23)26/h1-9,12H,10-11H2,(H,21,22,24). The molecule has 134 valence electrons. The number of hydrogen-bond acceptors (Lipinski definition) is 5. The van der Waals surface area contributed by atoms with Crippen molar-refractivity contribution >= 4 is 23.6 Å². The topological polar surface area (TPSA) is 83.1 Å². The number of benzene rings is 2. The molecule has 1 N–H and O–H groups in total. The van der Waals surface area contributed by atoms with Gasteiger partial charge in [0.2, 0.25) is 0 Å². The minimum absolute atomic E-state index is 0.243. The summed E-state index contributed by atoms with van der Waals surface area (Å²) in [6.45, 7) is 0.246. The summed E-state index contributed by atoms with van der Waals surface area (Å²) in [5, 5.41) is 0.456. The highest BCUT2D eigenvalue weighted by atomic mass is 32.2. The number of aromatic amines is 1. The summed E-state index contributed by atoms with van der Waals surface area (Å²) in [4.78, 5) is 45.0. The predicted octanol–water partition coefficient (Wildman–Crippen LogP) is 2.83. The van der Waals surface area contributed by atoms with Gasteiger partial charge in [-0.05, 0) is 12.1 Å². The fourth-order valence-corrected chi connectivity index (χ4v) is 3.74. The van der Waals surface area contributed by atoms with Crippen LogP contribution in [0.2, 0.25) is 0 Å². The van der Waals surface area contributed by atoms with Crippen molar-refractivity contribution in [2.45, 2.75) is 5.16 Å². The van der Waals surface area contributed by atoms with Gasteiger partial charge in [0.1, 0.15) is 0 Å². The Balaban J connectivity index is 1.46. The van der Waals surface area contributed by atoms with Crippen LogP contribution >= 0.6 is 11.8 Å². The molecule has 6 nitrogen and oxygen atoms in total. The van der Waals surface area contributed by atoms with E-state index in [1.54, 1.807) is 24.3 Å². The number of nitrogens with one attached hydrogen (secondary N) is 1. The molecule has 1 aliphatic heterocycles. The van der Waals surface area contributed by atoms with Gasteiger partial charge in [0.05, 0.1) is 16.8 Å². The summed E-state index contributed by atoms with van der Waals surface area (Å²) in [5.74, 6) is -0.126. The van der Waals surface area contributed by atoms with Crippen molar-refractivity contribution in [2.24, 2.45) is 0 Å². The Kier molecular flexibility index (Phi) is 4.60. The minimum Gasteiger partial charge on any atom is -0.301 e. The number of rotatable bonds is 5. The first kappa shape index (κ1) is 17.2. The van der Waals surface area contributed by atoms with Gasteiger partial charge in [0.25, 0.3) is 17.4 Å². The number of carbonyl (C=O) groups is 2. The van der Waals surface area contributed by atoms with Crippen molar-refractivity contribution in [3.8, 4) is 11.3 Å². The summed E-state index contributed by atoms with van der Waals surface area (Å²) in [6, 6.07) is 17.7. The van der Waals surface area contributed by atoms with E-state index in [1.165, 1.54) is 22.7 Å². The van der Waals surface area contributed by atoms with Crippen LogP contribution in [0.15, 0.2) is 70.6 Å². The molecule has 0 atom stereocenters. The molecule has 1 aromatic heterocycles. The highest BCUT2D eigenvalue weighted by Gasteiger charge is 2.34. The van der Waals surface area contributed by atoms with Crippen molar-refractivity contribution in [1.82, 2.24) is 14.9 Å². The quantitative estimate of drug-likeness (QED) is 0.420. The largest absolute Gasteiger partial charge is 0.301 e. The number of thioether (sulfide) groups is 1. The maximum atomic E-state index is 12.4. The molecule has 4 rings (SSSR count). The molecule has 0 unspecified atom stereocenters. The molecule has 2 heterocycles. The van der Waals surface area contributed by atoms with Crippen molar-refractivity contribution < 1.29 is 9.59 Å². The van der Waals surface area contributed by atoms with Gasteiger partial charge in [0.15, 0.2) is 5.16 Å². The normalized spacial score (nSPS) is 13.1. The summed E-state index contributed by atoms with van der Waals surface area (Å²) >= 11 is 1.30. The molecule has 7 heteroatoms. The van der Waals surface area contributed by atoms with E-state index in [4.69, 9.17) is 0 Å². The fraction of sp³-hybridized carbons (Fsp3) is 0.100. The third-order valence-electron chi connectivity index (χ3n) is 4.22. The van der Waals surface area contributed by atoms with E-state index in [2.05, 4.69) is 9.97 Å². The molecular weight excluding hydrogens is 362 g/mol. The van der Waals surface area contributed by atoms with Gasteiger partial charge in [-0.1, -0.05) is 54.2 Å². The highest BCUT2D eigenvalue weighted by Crippen LogP contribution is 2.24. The van der Waals surface area contributed by atoms with Crippen LogP contribution in [-0.4, -0.2) is 39.0 Å². The molecule has 0 aliphatic carbocycles. The molecule has 0 radical (unpaired) electrons. The number of H-pyrrole nitrogens is 1. The molecule has 1 aliphatic rings. The summed E-state index contributed by atoms with van der Waals surface area (Å²) in [6.07, 6.45) is 0. The summed E-state index contributed by atoms with van der Waals surface area (Å²) in [7, 11) is 0. The lowest BCUT2D eigenvalue weighted by Gasteiger charge is -2.13. The molecule has 27 heavy (non-hydrogen) atoms. The second-order valence-electron chi connectivity index (χ2n) is 5.96. The summed E-state index contributed by atoms with van der Waals surface area (Å²) < 4.78 is 0. The van der Waals surface area contributed by atoms with E-state index in [1.807, 2.05) is 30.3 Å². The van der Waals surface area contributed by atoms with E-state index in [-0.39, 0.29) is 23.9 Å². The van der Waals surface area contributed by atoms with Crippen molar-refractivity contribution in [3.05, 3.63) is 82.1 Å². The molecule has 0 spiro atoms. The van der Waals surface area contributed by atoms with Crippen LogP contribution in [0.25, 0.3) is 11.3 Å². The Labute approximate surface area is 159 Å². The lowest BCUT2D eigenvalue weighted by Crippen LogP contribution is -2.31. The van der Waals surface area contributed by atoms with E-state index in [0.29, 0.717) is 27.7 Å². The maximum absolute atomic E-state index is 12.4. The molecular formula is C20H15N3O3S. The van der Waals surface area contributed by atoms with Crippen molar-refractivity contribution in [3.63, 3.8) is 0 Å². The van der Waals surface area contributed by atoms with Crippen molar-refractivity contribution in [1.29, 1.82) is 0 Å². The van der Waals surface area contributed by atoms with Gasteiger partial charge < -0.3 is 4.98 Å². The number of hydrogen-bond donors (Lipinski definition) is 1. The number of amides is 2. The van der Waals surface area contributed by atoms with E-state index >= 15 is 0 Å². The third kappa shape index (κ3) is 3.41. The first-order chi connectivity index (χ1) is 13.1. The second kappa shape index (κ2) is 7.20. The Morgan fingerprint density at radius 1 is 0.889 bits per heavy atom. The molecule has 2 aromatic carbocycles. The molecule has 0 saturated heterocycles. The Morgan fingerprint density at radius 2 is 1.52 bits per heavy atom. The van der Waals surface area contributed by atoms with Crippen LogP contribution in [0.4, 0.5) is 0 Å². The average Bonchev–Trinajstić information content (AvgIpc) is 2.93. The van der Waals surface area contributed by atoms with E-state index in [0.717, 1.165) is 5.56 Å². The smallest absolute Gasteiger partial charge is 0.261 e. The highest BCUT2D eigenvalue weighted by molar-refractivity contribution is 7.99. The Bertz CT molecular complexity index is 1040. The van der Waals surface area contributed by atoms with E-state index in [9.17, 15) is 14.4 Å². The van der Waals surface area contributed by atoms with Gasteiger partial charge in [-0.25, -0.2) is 4.98 Å². The molecule has 2 amide bonds. The number of nitrogens with zero attached hydrogens (tertiary/aromatic N) is 2. The van der Waals surface area contributed by atoms with Crippen LogP contribution in [0.3, 0.4) is 0 Å². The van der Waals surface area contributed by atoms with Crippen LogP contribution < -0.4 is 5.56 Å².